The average molecular weight is 552 g/mol. The summed E-state index contributed by atoms with van der Waals surface area (Å²) in [4.78, 5) is 33.9. The van der Waals surface area contributed by atoms with Crippen molar-refractivity contribution in [3.63, 3.8) is 0 Å². The predicted molar refractivity (Wildman–Crippen MR) is 156 cm³/mol. The van der Waals surface area contributed by atoms with E-state index >= 15 is 0 Å². The summed E-state index contributed by atoms with van der Waals surface area (Å²) in [7, 11) is 8.51. The molecule has 224 valence electrons. The quantitative estimate of drug-likeness (QED) is 0.265. The topological polar surface area (TPSA) is 126 Å². The number of hydrogen-bond donors (Lipinski definition) is 4. The minimum absolute atomic E-state index is 0. The number of aliphatic carboxylic acids is 1. The molecule has 0 bridgehead atoms. The Labute approximate surface area is 235 Å². The van der Waals surface area contributed by atoms with Crippen LogP contribution in [0.4, 0.5) is 0 Å². The molecule has 3 rings (SSSR count). The minimum atomic E-state index is -0.712. The van der Waals surface area contributed by atoms with Crippen LogP contribution < -0.4 is 16.0 Å². The molecule has 39 heavy (non-hydrogen) atoms. The number of ether oxygens (including phenoxy) is 2. The maximum atomic E-state index is 11.7. The van der Waals surface area contributed by atoms with Crippen LogP contribution in [0, 0.1) is 28.6 Å². The van der Waals surface area contributed by atoms with Crippen LogP contribution in [0.15, 0.2) is 36.5 Å². The number of carbonyl (C=O) groups excluding carboxylic acids is 2. The van der Waals surface area contributed by atoms with Crippen LogP contribution in [-0.4, -0.2) is 76.5 Å². The Morgan fingerprint density at radius 1 is 0.769 bits per heavy atom. The lowest BCUT2D eigenvalue weighted by molar-refractivity contribution is -0.152. The number of nitrogens with one attached hydrogen (secondary N) is 3. The van der Waals surface area contributed by atoms with Crippen molar-refractivity contribution in [2.24, 2.45) is 28.6 Å². The molecular formula is C30H53N3O6. The van der Waals surface area contributed by atoms with Gasteiger partial charge in [-0.3, -0.25) is 14.4 Å². The Bertz CT molecular complexity index is 884. The first-order chi connectivity index (χ1) is 17.9. The van der Waals surface area contributed by atoms with Gasteiger partial charge in [0.05, 0.1) is 31.0 Å². The van der Waals surface area contributed by atoms with E-state index in [-0.39, 0.29) is 49.2 Å². The van der Waals surface area contributed by atoms with Crippen LogP contribution in [-0.2, 0) is 23.9 Å². The highest BCUT2D eigenvalue weighted by atomic mass is 16.5. The predicted octanol–water partition coefficient (Wildman–Crippen LogP) is 3.57. The maximum absolute atomic E-state index is 11.7. The monoisotopic (exact) mass is 551 g/mol. The summed E-state index contributed by atoms with van der Waals surface area (Å²) in [5.74, 6) is -0.612. The molecule has 0 spiro atoms. The van der Waals surface area contributed by atoms with Crippen LogP contribution in [0.1, 0.15) is 54.4 Å². The zero-order valence-electron chi connectivity index (χ0n) is 24.5. The average Bonchev–Trinajstić information content (AvgIpc) is 3.66. The number of esters is 2. The molecule has 0 aromatic carbocycles. The molecule has 0 heterocycles. The zero-order valence-corrected chi connectivity index (χ0v) is 24.5. The normalized spacial score (nSPS) is 30.2. The summed E-state index contributed by atoms with van der Waals surface area (Å²) in [6.07, 6.45) is 14.0. The van der Waals surface area contributed by atoms with Crippen molar-refractivity contribution in [1.29, 1.82) is 0 Å². The molecule has 0 saturated carbocycles. The van der Waals surface area contributed by atoms with Gasteiger partial charge in [0.1, 0.15) is 0 Å². The van der Waals surface area contributed by atoms with E-state index in [1.54, 1.807) is 0 Å². The van der Waals surface area contributed by atoms with Gasteiger partial charge in [-0.2, -0.15) is 0 Å². The second kappa shape index (κ2) is 16.6. The van der Waals surface area contributed by atoms with Gasteiger partial charge in [-0.1, -0.05) is 71.6 Å². The third-order valence-electron chi connectivity index (χ3n) is 8.09. The van der Waals surface area contributed by atoms with Gasteiger partial charge >= 0.3 is 17.9 Å². The van der Waals surface area contributed by atoms with Crippen LogP contribution >= 0.6 is 0 Å². The summed E-state index contributed by atoms with van der Waals surface area (Å²) in [5.41, 5.74) is -1.09. The molecule has 9 heteroatoms. The van der Waals surface area contributed by atoms with E-state index < -0.39 is 16.8 Å². The van der Waals surface area contributed by atoms with Crippen LogP contribution in [0.3, 0.4) is 0 Å². The highest BCUT2D eigenvalue weighted by Crippen LogP contribution is 2.41. The zero-order chi connectivity index (χ0) is 29.1. The number of carboxylic acid groups (broad SMARTS) is 1. The Hall–Kier alpha value is -2.49. The van der Waals surface area contributed by atoms with Gasteiger partial charge in [0, 0.05) is 18.1 Å². The van der Waals surface area contributed by atoms with Gasteiger partial charge in [0.15, 0.2) is 0 Å². The molecule has 0 amide bonds. The lowest BCUT2D eigenvalue weighted by Gasteiger charge is -2.29. The molecule has 0 unspecified atom stereocenters. The summed E-state index contributed by atoms with van der Waals surface area (Å²) < 4.78 is 9.48. The van der Waals surface area contributed by atoms with E-state index in [2.05, 4.69) is 40.6 Å². The molecule has 0 aromatic rings. The van der Waals surface area contributed by atoms with Crippen molar-refractivity contribution in [3.05, 3.63) is 36.5 Å². The molecular weight excluding hydrogens is 498 g/mol. The van der Waals surface area contributed by atoms with E-state index in [4.69, 9.17) is 9.84 Å². The summed E-state index contributed by atoms with van der Waals surface area (Å²) in [6.45, 7) is 8.02. The van der Waals surface area contributed by atoms with E-state index in [0.717, 1.165) is 12.8 Å². The number of rotatable bonds is 8. The molecule has 0 radical (unpaired) electrons. The smallest absolute Gasteiger partial charge is 0.315 e. The molecule has 9 nitrogen and oxygen atoms in total. The van der Waals surface area contributed by atoms with Crippen LogP contribution in [0.25, 0.3) is 0 Å². The highest BCUT2D eigenvalue weighted by Gasteiger charge is 2.45. The lowest BCUT2D eigenvalue weighted by atomic mass is 9.76. The number of likely N-dealkylation sites (N-methyl/N-ethyl adjacent to an activating group) is 3. The second-order valence-electron chi connectivity index (χ2n) is 10.7. The largest absolute Gasteiger partial charge is 0.481 e. The summed E-state index contributed by atoms with van der Waals surface area (Å²) in [5, 5.41) is 18.5. The van der Waals surface area contributed by atoms with Gasteiger partial charge < -0.3 is 30.5 Å². The SMILES string of the molecule is C.CN[C@@H]1C=C[C@@](C(=O)O)(C(C)C)C1.CN[C@@H]1C=C[C@@](C(=O)OC)(C(C)C)C1.CN[C@@H]1C=C[C@H](C(=O)OC)C1. The standard InChI is InChI=1S/C11H19NO2.C10H17NO2.C8H13NO2.CH4/c1-8(2)11(10(13)14-4)6-5-9(7-11)12-3;1-7(2)10(9(12)13)5-4-8(6-10)11-3;1-9-7-4-3-6(5-7)8(10)11-2;/h5-6,8-9,12H,7H2,1-4H3;4-5,7-8,11H,6H2,1-3H3,(H,12,13);3-4,6-7,9H,5H2,1-2H3;1H4/t9-,11+;8-,10+;6-,7+;/m110./s1. The third-order valence-corrected chi connectivity index (χ3v) is 8.09. The van der Waals surface area contributed by atoms with Crippen LogP contribution in [0.5, 0.6) is 0 Å². The van der Waals surface area contributed by atoms with E-state index in [1.165, 1.54) is 14.2 Å². The van der Waals surface area contributed by atoms with Crippen molar-refractivity contribution >= 4 is 17.9 Å². The molecule has 0 fully saturated rings. The highest BCUT2D eigenvalue weighted by molar-refractivity contribution is 5.80. The summed E-state index contributed by atoms with van der Waals surface area (Å²) >= 11 is 0. The number of carboxylic acids is 1. The van der Waals surface area contributed by atoms with E-state index in [1.807, 2.05) is 65.4 Å². The summed E-state index contributed by atoms with van der Waals surface area (Å²) in [6, 6.07) is 0.828. The Morgan fingerprint density at radius 3 is 1.54 bits per heavy atom. The Morgan fingerprint density at radius 2 is 1.23 bits per heavy atom. The van der Waals surface area contributed by atoms with Gasteiger partial charge in [-0.05, 0) is 52.2 Å². The van der Waals surface area contributed by atoms with E-state index in [0.29, 0.717) is 12.5 Å². The van der Waals surface area contributed by atoms with Crippen LogP contribution in [0.2, 0.25) is 0 Å². The van der Waals surface area contributed by atoms with Gasteiger partial charge in [-0.15, -0.1) is 0 Å². The molecule has 3 aliphatic carbocycles. The lowest BCUT2D eigenvalue weighted by Crippen LogP contribution is -2.37. The third kappa shape index (κ3) is 9.01. The van der Waals surface area contributed by atoms with Crippen molar-refractivity contribution in [1.82, 2.24) is 16.0 Å². The fourth-order valence-corrected chi connectivity index (χ4v) is 5.05. The molecule has 0 aromatic heterocycles. The van der Waals surface area contributed by atoms with Gasteiger partial charge in [0.2, 0.25) is 0 Å². The Kier molecular flexibility index (Phi) is 15.5. The Balaban J connectivity index is 0.000000552. The van der Waals surface area contributed by atoms with Gasteiger partial charge in [-0.25, -0.2) is 0 Å². The number of hydrogen-bond acceptors (Lipinski definition) is 8. The number of methoxy groups -OCH3 is 2. The molecule has 6 atom stereocenters. The molecule has 0 aliphatic heterocycles. The fourth-order valence-electron chi connectivity index (χ4n) is 5.05. The fraction of sp³-hybridized carbons (Fsp3) is 0.700. The van der Waals surface area contributed by atoms with Gasteiger partial charge in [0.25, 0.3) is 0 Å². The number of carbonyl (C=O) groups is 3. The minimum Gasteiger partial charge on any atom is -0.481 e. The van der Waals surface area contributed by atoms with Crippen molar-refractivity contribution in [3.8, 4) is 0 Å². The van der Waals surface area contributed by atoms with Crippen molar-refractivity contribution in [2.75, 3.05) is 35.4 Å². The maximum Gasteiger partial charge on any atom is 0.315 e. The first kappa shape index (κ1) is 36.5. The second-order valence-corrected chi connectivity index (χ2v) is 10.7. The molecule has 4 N–H and O–H groups in total. The molecule has 0 saturated heterocycles. The van der Waals surface area contributed by atoms with E-state index in [9.17, 15) is 14.4 Å². The molecule has 3 aliphatic rings. The first-order valence-electron chi connectivity index (χ1n) is 13.4. The first-order valence-corrected chi connectivity index (χ1v) is 13.4. The van der Waals surface area contributed by atoms with Crippen molar-refractivity contribution < 1.29 is 29.0 Å². The van der Waals surface area contributed by atoms with Crippen molar-refractivity contribution in [2.45, 2.75) is 72.5 Å².